The molecule has 18 heavy (non-hydrogen) atoms. The minimum atomic E-state index is -0.398. The molecule has 1 atom stereocenters. The third-order valence-electron chi connectivity index (χ3n) is 3.48. The van der Waals surface area contributed by atoms with Gasteiger partial charge in [0.25, 0.3) is 0 Å². The second-order valence-electron chi connectivity index (χ2n) is 4.93. The lowest BCUT2D eigenvalue weighted by Crippen LogP contribution is -1.98. The number of fused-ring (bicyclic) bond motifs is 1. The number of aliphatic hydroxyl groups excluding tert-OH is 1. The molecule has 0 bridgehead atoms. The Bertz CT molecular complexity index is 499. The number of aliphatic hydroxyl groups is 1. The van der Waals surface area contributed by atoms with Crippen molar-refractivity contribution in [3.8, 4) is 0 Å². The number of aryl methyl sites for hydroxylation is 1. The van der Waals surface area contributed by atoms with E-state index >= 15 is 0 Å². The first-order chi connectivity index (χ1) is 8.74. The third-order valence-corrected chi connectivity index (χ3v) is 3.48. The van der Waals surface area contributed by atoms with Gasteiger partial charge in [0.15, 0.2) is 0 Å². The van der Waals surface area contributed by atoms with Crippen LogP contribution in [0.4, 0.5) is 0 Å². The summed E-state index contributed by atoms with van der Waals surface area (Å²) in [6, 6.07) is 7.93. The number of para-hydroxylation sites is 1. The zero-order chi connectivity index (χ0) is 13.0. The monoisotopic (exact) mass is 246 g/mol. The van der Waals surface area contributed by atoms with Crippen molar-refractivity contribution in [2.45, 2.75) is 52.1 Å². The highest BCUT2D eigenvalue weighted by Crippen LogP contribution is 2.32. The highest BCUT2D eigenvalue weighted by Gasteiger charge is 2.17. The molecular weight excluding hydrogens is 224 g/mol. The fourth-order valence-corrected chi connectivity index (χ4v) is 2.51. The standard InChI is InChI=1S/C16H22O2/c1-3-4-5-6-10-14(17)16-12(2)18-15-11-8-7-9-13(15)16/h7-9,11,14,17H,3-6,10H2,1-2H3. The third kappa shape index (κ3) is 2.75. The molecule has 0 spiro atoms. The predicted octanol–water partition coefficient (Wildman–Crippen LogP) is 4.75. The Balaban J connectivity index is 2.12. The van der Waals surface area contributed by atoms with E-state index in [1.807, 2.05) is 31.2 Å². The van der Waals surface area contributed by atoms with E-state index < -0.39 is 6.10 Å². The number of hydrogen-bond donors (Lipinski definition) is 1. The van der Waals surface area contributed by atoms with Gasteiger partial charge in [-0.25, -0.2) is 0 Å². The predicted molar refractivity (Wildman–Crippen MR) is 74.7 cm³/mol. The van der Waals surface area contributed by atoms with Gasteiger partial charge in [-0.05, 0) is 19.4 Å². The average molecular weight is 246 g/mol. The molecule has 1 N–H and O–H groups in total. The van der Waals surface area contributed by atoms with Crippen LogP contribution in [0.25, 0.3) is 11.0 Å². The lowest BCUT2D eigenvalue weighted by molar-refractivity contribution is 0.162. The van der Waals surface area contributed by atoms with Gasteiger partial charge in [0.1, 0.15) is 11.3 Å². The molecule has 0 amide bonds. The normalized spacial score (nSPS) is 13.1. The summed E-state index contributed by atoms with van der Waals surface area (Å²) >= 11 is 0. The maximum Gasteiger partial charge on any atom is 0.134 e. The largest absolute Gasteiger partial charge is 0.461 e. The van der Waals surface area contributed by atoms with Crippen LogP contribution in [0, 0.1) is 6.92 Å². The molecule has 2 rings (SSSR count). The van der Waals surface area contributed by atoms with Crippen LogP contribution in [-0.2, 0) is 0 Å². The molecule has 1 heterocycles. The van der Waals surface area contributed by atoms with Gasteiger partial charge in [-0.1, -0.05) is 50.8 Å². The molecule has 2 nitrogen and oxygen atoms in total. The van der Waals surface area contributed by atoms with Crippen LogP contribution < -0.4 is 0 Å². The summed E-state index contributed by atoms with van der Waals surface area (Å²) < 4.78 is 5.69. The Morgan fingerprint density at radius 3 is 2.72 bits per heavy atom. The first-order valence-electron chi connectivity index (χ1n) is 6.90. The molecule has 2 heteroatoms. The van der Waals surface area contributed by atoms with Crippen LogP contribution in [0.3, 0.4) is 0 Å². The van der Waals surface area contributed by atoms with Crippen molar-refractivity contribution in [3.63, 3.8) is 0 Å². The minimum Gasteiger partial charge on any atom is -0.461 e. The first kappa shape index (κ1) is 13.2. The van der Waals surface area contributed by atoms with Gasteiger partial charge in [0.05, 0.1) is 6.10 Å². The Morgan fingerprint density at radius 2 is 1.94 bits per heavy atom. The van der Waals surface area contributed by atoms with Gasteiger partial charge < -0.3 is 9.52 Å². The van der Waals surface area contributed by atoms with E-state index in [-0.39, 0.29) is 0 Å². The topological polar surface area (TPSA) is 33.4 Å². The molecule has 1 unspecified atom stereocenters. The Labute approximate surface area is 109 Å². The summed E-state index contributed by atoms with van der Waals surface area (Å²) in [6.45, 7) is 4.13. The maximum atomic E-state index is 10.3. The van der Waals surface area contributed by atoms with Crippen LogP contribution in [0.2, 0.25) is 0 Å². The van der Waals surface area contributed by atoms with Crippen LogP contribution >= 0.6 is 0 Å². The smallest absolute Gasteiger partial charge is 0.134 e. The van der Waals surface area contributed by atoms with E-state index in [1.54, 1.807) is 0 Å². The van der Waals surface area contributed by atoms with Crippen molar-refractivity contribution in [1.82, 2.24) is 0 Å². The van der Waals surface area contributed by atoms with Gasteiger partial charge in [-0.3, -0.25) is 0 Å². The van der Waals surface area contributed by atoms with E-state index in [4.69, 9.17) is 4.42 Å². The number of benzene rings is 1. The lowest BCUT2D eigenvalue weighted by atomic mass is 10.00. The molecule has 0 aliphatic carbocycles. The molecule has 0 aliphatic heterocycles. The lowest BCUT2D eigenvalue weighted by Gasteiger charge is -2.10. The average Bonchev–Trinajstić information content (AvgIpc) is 2.70. The Morgan fingerprint density at radius 1 is 1.17 bits per heavy atom. The number of unbranched alkanes of at least 4 members (excludes halogenated alkanes) is 3. The van der Waals surface area contributed by atoms with Crippen molar-refractivity contribution in [3.05, 3.63) is 35.6 Å². The molecule has 1 aromatic heterocycles. The Kier molecular flexibility index (Phi) is 4.43. The van der Waals surface area contributed by atoms with Crippen LogP contribution in [-0.4, -0.2) is 5.11 Å². The minimum absolute atomic E-state index is 0.398. The molecule has 0 fully saturated rings. The van der Waals surface area contributed by atoms with Gasteiger partial charge in [-0.15, -0.1) is 0 Å². The zero-order valence-electron chi connectivity index (χ0n) is 11.3. The molecule has 98 valence electrons. The van der Waals surface area contributed by atoms with Crippen molar-refractivity contribution >= 4 is 11.0 Å². The van der Waals surface area contributed by atoms with Gasteiger partial charge in [0, 0.05) is 10.9 Å². The molecule has 0 aliphatic rings. The van der Waals surface area contributed by atoms with Crippen molar-refractivity contribution in [2.24, 2.45) is 0 Å². The van der Waals surface area contributed by atoms with Gasteiger partial charge in [0.2, 0.25) is 0 Å². The van der Waals surface area contributed by atoms with Gasteiger partial charge in [-0.2, -0.15) is 0 Å². The number of rotatable bonds is 6. The van der Waals surface area contributed by atoms with E-state index in [2.05, 4.69) is 6.92 Å². The molecular formula is C16H22O2. The molecule has 0 radical (unpaired) electrons. The van der Waals surface area contributed by atoms with Crippen molar-refractivity contribution in [2.75, 3.05) is 0 Å². The number of furan rings is 1. The zero-order valence-corrected chi connectivity index (χ0v) is 11.3. The van der Waals surface area contributed by atoms with Gasteiger partial charge >= 0.3 is 0 Å². The highest BCUT2D eigenvalue weighted by molar-refractivity contribution is 5.82. The SMILES string of the molecule is CCCCCCC(O)c1c(C)oc2ccccc12. The molecule has 0 saturated carbocycles. The highest BCUT2D eigenvalue weighted by atomic mass is 16.3. The first-order valence-corrected chi connectivity index (χ1v) is 6.90. The van der Waals surface area contributed by atoms with E-state index in [9.17, 15) is 5.11 Å². The summed E-state index contributed by atoms with van der Waals surface area (Å²) in [5.41, 5.74) is 1.85. The second kappa shape index (κ2) is 6.05. The van der Waals surface area contributed by atoms with Crippen LogP contribution in [0.15, 0.2) is 28.7 Å². The second-order valence-corrected chi connectivity index (χ2v) is 4.93. The summed E-state index contributed by atoms with van der Waals surface area (Å²) in [5, 5.41) is 11.4. The summed E-state index contributed by atoms with van der Waals surface area (Å²) in [7, 11) is 0. The maximum absolute atomic E-state index is 10.3. The van der Waals surface area contributed by atoms with Crippen molar-refractivity contribution in [1.29, 1.82) is 0 Å². The molecule has 0 saturated heterocycles. The van der Waals surface area contributed by atoms with Crippen LogP contribution in [0.5, 0.6) is 0 Å². The number of hydrogen-bond acceptors (Lipinski definition) is 2. The molecule has 2 aromatic rings. The summed E-state index contributed by atoms with van der Waals surface area (Å²) in [6.07, 6.45) is 5.17. The summed E-state index contributed by atoms with van der Waals surface area (Å²) in [5.74, 6) is 0.846. The van der Waals surface area contributed by atoms with Crippen LogP contribution in [0.1, 0.15) is 56.5 Å². The van der Waals surface area contributed by atoms with E-state index in [0.717, 1.165) is 35.1 Å². The van der Waals surface area contributed by atoms with Crippen molar-refractivity contribution < 1.29 is 9.52 Å². The fourth-order valence-electron chi connectivity index (χ4n) is 2.51. The van der Waals surface area contributed by atoms with E-state index in [1.165, 1.54) is 19.3 Å². The fraction of sp³-hybridized carbons (Fsp3) is 0.500. The quantitative estimate of drug-likeness (QED) is 0.746. The Hall–Kier alpha value is -1.28. The van der Waals surface area contributed by atoms with E-state index in [0.29, 0.717) is 0 Å². The molecule has 1 aromatic carbocycles. The summed E-state index contributed by atoms with van der Waals surface area (Å²) in [4.78, 5) is 0.